The Morgan fingerprint density at radius 1 is 0.828 bits per heavy atom. The van der Waals surface area contributed by atoms with E-state index >= 15 is 0 Å². The normalized spacial score (nSPS) is 16.7. The second-order valence-electron chi connectivity index (χ2n) is 14.5. The third-order valence-corrected chi connectivity index (χ3v) is 9.27. The maximum absolute atomic E-state index is 14.0. The van der Waals surface area contributed by atoms with E-state index in [9.17, 15) is 39.0 Å². The average molecular weight is 821 g/mol. The van der Waals surface area contributed by atoms with Crippen molar-refractivity contribution in [1.29, 1.82) is 0 Å². The van der Waals surface area contributed by atoms with Gasteiger partial charge in [-0.25, -0.2) is 4.79 Å². The Morgan fingerprint density at radius 3 is 1.97 bits per heavy atom. The maximum atomic E-state index is 14.0. The number of likely N-dealkylation sites (tertiary alicyclic amines) is 1. The van der Waals surface area contributed by atoms with E-state index in [-0.39, 0.29) is 75.4 Å². The highest BCUT2D eigenvalue weighted by atomic mass is 16.6. The van der Waals surface area contributed by atoms with Gasteiger partial charge in [0.25, 0.3) is 0 Å². The van der Waals surface area contributed by atoms with Gasteiger partial charge >= 0.3 is 5.97 Å². The van der Waals surface area contributed by atoms with E-state index in [1.54, 1.807) is 26.0 Å². The number of aliphatic carboxylic acids is 1. The van der Waals surface area contributed by atoms with Crippen molar-refractivity contribution in [2.45, 2.75) is 109 Å². The number of nitrogens with zero attached hydrogens (tertiary/aromatic N) is 3. The number of hydrogen-bond acceptors (Lipinski definition) is 12. The lowest BCUT2D eigenvalue weighted by molar-refractivity contribution is -0.143. The van der Waals surface area contributed by atoms with Gasteiger partial charge in [-0.2, -0.15) is 0 Å². The van der Waals surface area contributed by atoms with Crippen LogP contribution in [0, 0.1) is 11.8 Å². The standard InChI is InChI=1S/C36H60N12O10/c1-5-20(4)28(32(53)44-26(34(55)56)17-19(2)3)45-30(51)25(18-21-8-10-22(49)11-9-21)43-31(52)27-7-6-14-48(27)33(54)24(13-16-58-47-36(40)41)42-29(50)23(37)12-15-57-46-35(38)39/h8-11,19-20,23-28,49H,5-7,12-18,37H2,1-4H3,(H,42,50)(H,43,52)(H,44,53)(H,45,51)(H,55,56)(H4,38,39,46)(H4,40,41,47)/t20-,23-,24-,25-,26-,27-,28-/m0/s1. The maximum Gasteiger partial charge on any atom is 0.326 e. The van der Waals surface area contributed by atoms with Crippen molar-refractivity contribution in [2.75, 3.05) is 19.8 Å². The molecule has 1 saturated heterocycles. The number of amides is 5. The Balaban J connectivity index is 2.36. The number of nitrogens with one attached hydrogen (secondary N) is 4. The van der Waals surface area contributed by atoms with E-state index in [0.29, 0.717) is 18.4 Å². The van der Waals surface area contributed by atoms with Crippen LogP contribution in [0.4, 0.5) is 0 Å². The Labute approximate surface area is 337 Å². The lowest BCUT2D eigenvalue weighted by Gasteiger charge is -2.31. The molecule has 1 aromatic carbocycles. The molecule has 0 bridgehead atoms. The average Bonchev–Trinajstić information content (AvgIpc) is 3.66. The molecule has 22 nitrogen and oxygen atoms in total. The first-order valence-electron chi connectivity index (χ1n) is 19.0. The van der Waals surface area contributed by atoms with Gasteiger partial charge in [-0.1, -0.05) is 46.2 Å². The summed E-state index contributed by atoms with van der Waals surface area (Å²) >= 11 is 0. The second-order valence-corrected chi connectivity index (χ2v) is 14.5. The summed E-state index contributed by atoms with van der Waals surface area (Å²) in [5, 5.41) is 37.0. The molecule has 2 rings (SSSR count). The van der Waals surface area contributed by atoms with Crippen LogP contribution in [0.3, 0.4) is 0 Å². The van der Waals surface area contributed by atoms with Crippen LogP contribution in [0.5, 0.6) is 5.75 Å². The molecule has 0 radical (unpaired) electrons. The Bertz CT molecular complexity index is 1600. The first kappa shape index (κ1) is 48.1. The summed E-state index contributed by atoms with van der Waals surface area (Å²) < 4.78 is 0. The molecule has 0 aromatic heterocycles. The predicted octanol–water partition coefficient (Wildman–Crippen LogP) is -2.44. The quantitative estimate of drug-likeness (QED) is 0.0223. The Hall–Kier alpha value is -6.06. The fourth-order valence-corrected chi connectivity index (χ4v) is 6.02. The third-order valence-electron chi connectivity index (χ3n) is 9.27. The first-order chi connectivity index (χ1) is 27.3. The highest BCUT2D eigenvalue weighted by Crippen LogP contribution is 2.21. The van der Waals surface area contributed by atoms with Crippen LogP contribution in [0.15, 0.2) is 34.6 Å². The van der Waals surface area contributed by atoms with E-state index in [1.165, 1.54) is 17.0 Å². The van der Waals surface area contributed by atoms with Crippen LogP contribution >= 0.6 is 0 Å². The van der Waals surface area contributed by atoms with E-state index in [2.05, 4.69) is 31.6 Å². The van der Waals surface area contributed by atoms with Gasteiger partial charge in [-0.05, 0) is 59.1 Å². The fraction of sp³-hybridized carbons (Fsp3) is 0.611. The molecular weight excluding hydrogens is 760 g/mol. The molecule has 7 atom stereocenters. The van der Waals surface area contributed by atoms with Crippen molar-refractivity contribution < 1.29 is 48.7 Å². The molecule has 5 amide bonds. The fourth-order valence-electron chi connectivity index (χ4n) is 6.02. The number of nitrogens with two attached hydrogens (primary N) is 5. The van der Waals surface area contributed by atoms with Crippen molar-refractivity contribution in [3.8, 4) is 5.75 Å². The smallest absolute Gasteiger partial charge is 0.326 e. The van der Waals surface area contributed by atoms with Crippen LogP contribution in [0.1, 0.15) is 71.8 Å². The molecule has 16 N–H and O–H groups in total. The number of oxime groups is 2. The van der Waals surface area contributed by atoms with Gasteiger partial charge < -0.3 is 74.7 Å². The van der Waals surface area contributed by atoms with Crippen LogP contribution in [-0.4, -0.2) is 119 Å². The van der Waals surface area contributed by atoms with Crippen molar-refractivity contribution in [2.24, 2.45) is 50.8 Å². The molecule has 22 heteroatoms. The summed E-state index contributed by atoms with van der Waals surface area (Å²) in [6.45, 7) is 6.96. The highest BCUT2D eigenvalue weighted by Gasteiger charge is 2.40. The molecule has 0 spiro atoms. The summed E-state index contributed by atoms with van der Waals surface area (Å²) in [7, 11) is 0. The van der Waals surface area contributed by atoms with E-state index in [0.717, 1.165) is 0 Å². The second kappa shape index (κ2) is 23.9. The molecule has 1 fully saturated rings. The zero-order valence-electron chi connectivity index (χ0n) is 33.4. The largest absolute Gasteiger partial charge is 0.508 e. The number of phenolic OH excluding ortho intramolecular Hbond substituents is 1. The van der Waals surface area contributed by atoms with Crippen LogP contribution in [-0.2, 0) is 44.9 Å². The zero-order valence-corrected chi connectivity index (χ0v) is 33.4. The van der Waals surface area contributed by atoms with Crippen LogP contribution in [0.2, 0.25) is 0 Å². The lowest BCUT2D eigenvalue weighted by Crippen LogP contribution is -2.60. The highest BCUT2D eigenvalue weighted by molar-refractivity contribution is 5.96. The minimum Gasteiger partial charge on any atom is -0.508 e. The van der Waals surface area contributed by atoms with Gasteiger partial charge in [0.1, 0.15) is 49.2 Å². The number of carbonyl (C=O) groups excluding carboxylic acids is 5. The molecule has 0 unspecified atom stereocenters. The van der Waals surface area contributed by atoms with Gasteiger partial charge in [0.2, 0.25) is 41.5 Å². The van der Waals surface area contributed by atoms with Gasteiger partial charge in [-0.3, -0.25) is 24.0 Å². The number of guanidine groups is 2. The number of benzene rings is 1. The lowest BCUT2D eigenvalue weighted by atomic mass is 9.96. The Morgan fingerprint density at radius 2 is 1.41 bits per heavy atom. The summed E-state index contributed by atoms with van der Waals surface area (Å²) in [5.41, 5.74) is 27.7. The van der Waals surface area contributed by atoms with Crippen molar-refractivity contribution >= 4 is 47.4 Å². The van der Waals surface area contributed by atoms with E-state index in [4.69, 9.17) is 38.3 Å². The SMILES string of the molecule is CC[C@H](C)[C@H](NC(=O)[C@H](Cc1ccc(O)cc1)NC(=O)[C@@H]1CCCN1C(=O)[C@H](CCON=C(N)N)NC(=O)[C@@H](N)CCON=C(N)N)C(=O)N[C@@H](CC(C)C)C(=O)O. The van der Waals surface area contributed by atoms with Gasteiger partial charge in [-0.15, -0.1) is 0 Å². The number of hydrogen-bond donors (Lipinski definition) is 11. The summed E-state index contributed by atoms with van der Waals surface area (Å²) in [4.78, 5) is 91.9. The first-order valence-corrected chi connectivity index (χ1v) is 19.0. The summed E-state index contributed by atoms with van der Waals surface area (Å²) in [6, 6.07) is -1.18. The number of rotatable bonds is 24. The molecule has 1 aromatic rings. The molecule has 1 heterocycles. The summed E-state index contributed by atoms with van der Waals surface area (Å²) in [6.07, 6.45) is 0.989. The monoisotopic (exact) mass is 820 g/mol. The molecular formula is C36H60N12O10. The topological polar surface area (TPSA) is 368 Å². The van der Waals surface area contributed by atoms with Gasteiger partial charge in [0.05, 0.1) is 6.04 Å². The van der Waals surface area contributed by atoms with Crippen LogP contribution < -0.4 is 49.9 Å². The number of carboxylic acid groups (broad SMARTS) is 1. The predicted molar refractivity (Wildman–Crippen MR) is 212 cm³/mol. The minimum atomic E-state index is -1.29. The number of carbonyl (C=O) groups is 6. The molecule has 58 heavy (non-hydrogen) atoms. The minimum absolute atomic E-state index is 0.0229. The van der Waals surface area contributed by atoms with Crippen molar-refractivity contribution in [3.63, 3.8) is 0 Å². The van der Waals surface area contributed by atoms with E-state index in [1.807, 2.05) is 13.8 Å². The van der Waals surface area contributed by atoms with E-state index < -0.39 is 77.7 Å². The number of carboxylic acids is 1. The van der Waals surface area contributed by atoms with Gasteiger partial charge in [0, 0.05) is 25.8 Å². The van der Waals surface area contributed by atoms with Crippen molar-refractivity contribution in [1.82, 2.24) is 26.2 Å². The van der Waals surface area contributed by atoms with Crippen LogP contribution in [0.25, 0.3) is 0 Å². The summed E-state index contributed by atoms with van der Waals surface area (Å²) in [5.74, 6) is -5.93. The molecule has 0 aliphatic carbocycles. The third kappa shape index (κ3) is 16.2. The molecule has 1 aliphatic rings. The molecule has 324 valence electrons. The number of phenols is 1. The molecule has 1 aliphatic heterocycles. The van der Waals surface area contributed by atoms with Gasteiger partial charge in [0.15, 0.2) is 0 Å². The molecule has 0 saturated carbocycles. The van der Waals surface area contributed by atoms with Crippen molar-refractivity contribution in [3.05, 3.63) is 29.8 Å². The zero-order chi connectivity index (χ0) is 43.5. The Kier molecular flexibility index (Phi) is 19.8. The number of aromatic hydroxyl groups is 1.